The van der Waals surface area contributed by atoms with E-state index in [4.69, 9.17) is 0 Å². The Kier molecular flexibility index (Phi) is 3.30. The molecular weight excluding hydrogens is 252 g/mol. The van der Waals surface area contributed by atoms with Gasteiger partial charge in [-0.1, -0.05) is 40.5 Å². The van der Waals surface area contributed by atoms with Gasteiger partial charge in [-0.15, -0.1) is 0 Å². The summed E-state index contributed by atoms with van der Waals surface area (Å²) in [5, 5.41) is 0. The van der Waals surface area contributed by atoms with E-state index in [0.29, 0.717) is 10.8 Å². The Morgan fingerprint density at radius 3 is 2.48 bits per heavy atom. The molecule has 0 amide bonds. The highest BCUT2D eigenvalue weighted by Crippen LogP contribution is 2.71. The van der Waals surface area contributed by atoms with Crippen LogP contribution in [0.15, 0.2) is 0 Å². The first-order chi connectivity index (χ1) is 9.99. The van der Waals surface area contributed by atoms with Crippen LogP contribution in [0.2, 0.25) is 0 Å². The zero-order valence-corrected chi connectivity index (χ0v) is 14.8. The molecule has 0 N–H and O–H groups in total. The van der Waals surface area contributed by atoms with E-state index in [0.717, 1.165) is 35.5 Å². The van der Waals surface area contributed by atoms with Gasteiger partial charge in [-0.25, -0.2) is 0 Å². The summed E-state index contributed by atoms with van der Waals surface area (Å²) in [4.78, 5) is 0. The van der Waals surface area contributed by atoms with Crippen molar-refractivity contribution in [2.75, 3.05) is 0 Å². The summed E-state index contributed by atoms with van der Waals surface area (Å²) in [5.41, 5.74) is 1.42. The number of hydrogen-bond donors (Lipinski definition) is 0. The lowest BCUT2D eigenvalue weighted by Crippen LogP contribution is -2.45. The van der Waals surface area contributed by atoms with Crippen molar-refractivity contribution in [2.45, 2.75) is 85.5 Å². The summed E-state index contributed by atoms with van der Waals surface area (Å²) in [7, 11) is 0. The highest BCUT2D eigenvalue weighted by Gasteiger charge is 2.63. The van der Waals surface area contributed by atoms with Crippen molar-refractivity contribution in [2.24, 2.45) is 46.3 Å². The van der Waals surface area contributed by atoms with Crippen molar-refractivity contribution in [3.05, 3.63) is 0 Å². The van der Waals surface area contributed by atoms with Crippen molar-refractivity contribution in [1.82, 2.24) is 0 Å². The van der Waals surface area contributed by atoms with Crippen LogP contribution in [0, 0.1) is 46.3 Å². The van der Waals surface area contributed by atoms with E-state index < -0.39 is 0 Å². The summed E-state index contributed by atoms with van der Waals surface area (Å²) in [6.45, 7) is 10.4. The van der Waals surface area contributed by atoms with Gasteiger partial charge in [0.05, 0.1) is 0 Å². The molecule has 8 unspecified atom stereocenters. The molecule has 0 aromatic carbocycles. The summed E-state index contributed by atoms with van der Waals surface area (Å²) in [6.07, 6.45) is 13.9. The minimum Gasteiger partial charge on any atom is -0.0651 e. The Bertz CT molecular complexity index is 412. The van der Waals surface area contributed by atoms with Gasteiger partial charge in [0.1, 0.15) is 0 Å². The minimum absolute atomic E-state index is 0.709. The van der Waals surface area contributed by atoms with Crippen molar-refractivity contribution in [3.8, 4) is 0 Å². The van der Waals surface area contributed by atoms with Crippen LogP contribution in [0.4, 0.5) is 0 Å². The predicted molar refractivity (Wildman–Crippen MR) is 90.1 cm³/mol. The molecule has 4 rings (SSSR count). The van der Waals surface area contributed by atoms with Gasteiger partial charge in [-0.2, -0.15) is 0 Å². The lowest BCUT2D eigenvalue weighted by molar-refractivity contribution is -0.0439. The lowest BCUT2D eigenvalue weighted by Gasteiger charge is -2.54. The van der Waals surface area contributed by atoms with Crippen molar-refractivity contribution in [1.29, 1.82) is 0 Å². The molecule has 120 valence electrons. The Balaban J connectivity index is 1.64. The molecule has 4 aliphatic rings. The molecule has 0 bridgehead atoms. The maximum absolute atomic E-state index is 2.71. The van der Waals surface area contributed by atoms with Gasteiger partial charge in [0.2, 0.25) is 0 Å². The minimum atomic E-state index is 0.709. The smallest absolute Gasteiger partial charge is 0.0264 e. The van der Waals surface area contributed by atoms with E-state index in [1.165, 1.54) is 25.7 Å². The van der Waals surface area contributed by atoms with E-state index in [1.807, 2.05) is 0 Å². The maximum atomic E-state index is 2.71. The fourth-order valence-corrected chi connectivity index (χ4v) is 8.03. The van der Waals surface area contributed by atoms with Gasteiger partial charge in [0.25, 0.3) is 0 Å². The van der Waals surface area contributed by atoms with E-state index in [-0.39, 0.29) is 0 Å². The van der Waals surface area contributed by atoms with E-state index in [2.05, 4.69) is 27.7 Å². The van der Waals surface area contributed by atoms with Gasteiger partial charge in [0, 0.05) is 0 Å². The molecule has 0 heteroatoms. The monoisotopic (exact) mass is 288 g/mol. The average molecular weight is 289 g/mol. The van der Waals surface area contributed by atoms with Crippen LogP contribution in [0.3, 0.4) is 0 Å². The van der Waals surface area contributed by atoms with Crippen LogP contribution in [0.5, 0.6) is 0 Å². The van der Waals surface area contributed by atoms with Gasteiger partial charge in [0.15, 0.2) is 0 Å². The molecule has 0 radical (unpaired) electrons. The Labute approximate surface area is 132 Å². The number of fused-ring (bicyclic) bond motifs is 5. The highest BCUT2D eigenvalue weighted by molar-refractivity contribution is 5.12. The third-order valence-corrected chi connectivity index (χ3v) is 9.28. The van der Waals surface area contributed by atoms with Crippen molar-refractivity contribution < 1.29 is 0 Å². The molecule has 4 saturated carbocycles. The number of hydrogen-bond acceptors (Lipinski definition) is 0. The second-order valence-electron chi connectivity index (χ2n) is 9.93. The number of rotatable bonds is 1. The SMILES string of the molecule is CCC1CCC2C3CCC4CC(C)CCC4(C)C3CC12C. The third kappa shape index (κ3) is 1.86. The van der Waals surface area contributed by atoms with Crippen LogP contribution >= 0.6 is 0 Å². The molecular formula is C21H36. The molecule has 0 nitrogen and oxygen atoms in total. The van der Waals surface area contributed by atoms with Crippen LogP contribution in [0.25, 0.3) is 0 Å². The first-order valence-corrected chi connectivity index (χ1v) is 9.99. The fourth-order valence-electron chi connectivity index (χ4n) is 8.03. The molecule has 0 aromatic heterocycles. The zero-order chi connectivity index (χ0) is 14.8. The largest absolute Gasteiger partial charge is 0.0651 e. The molecule has 8 atom stereocenters. The van der Waals surface area contributed by atoms with Gasteiger partial charge >= 0.3 is 0 Å². The fraction of sp³-hybridized carbons (Fsp3) is 1.00. The standard InChI is InChI=1S/C21H36/c1-5-15-7-9-18-17-8-6-16-12-14(2)10-11-20(16,3)19(17)13-21(15,18)4/h14-19H,5-13H2,1-4H3. The third-order valence-electron chi connectivity index (χ3n) is 9.28. The normalized spacial score (nSPS) is 59.4. The van der Waals surface area contributed by atoms with Gasteiger partial charge in [-0.3, -0.25) is 0 Å². The summed E-state index contributed by atoms with van der Waals surface area (Å²) < 4.78 is 0. The van der Waals surface area contributed by atoms with E-state index in [1.54, 1.807) is 32.1 Å². The van der Waals surface area contributed by atoms with Crippen LogP contribution in [0.1, 0.15) is 85.5 Å². The summed E-state index contributed by atoms with van der Waals surface area (Å²) >= 11 is 0. The maximum Gasteiger partial charge on any atom is -0.0264 e. The van der Waals surface area contributed by atoms with E-state index in [9.17, 15) is 0 Å². The van der Waals surface area contributed by atoms with Gasteiger partial charge in [-0.05, 0) is 91.3 Å². The molecule has 0 aromatic rings. The molecule has 4 fully saturated rings. The lowest BCUT2D eigenvalue weighted by atomic mass is 9.51. The van der Waals surface area contributed by atoms with Crippen molar-refractivity contribution in [3.63, 3.8) is 0 Å². The van der Waals surface area contributed by atoms with Gasteiger partial charge < -0.3 is 0 Å². The predicted octanol–water partition coefficient (Wildman–Crippen LogP) is 6.30. The van der Waals surface area contributed by atoms with Crippen LogP contribution in [-0.4, -0.2) is 0 Å². The van der Waals surface area contributed by atoms with E-state index >= 15 is 0 Å². The molecule has 4 aliphatic carbocycles. The topological polar surface area (TPSA) is 0 Å². The zero-order valence-electron chi connectivity index (χ0n) is 14.8. The first-order valence-electron chi connectivity index (χ1n) is 9.99. The van der Waals surface area contributed by atoms with Crippen LogP contribution < -0.4 is 0 Å². The molecule has 0 saturated heterocycles. The molecule has 21 heavy (non-hydrogen) atoms. The Morgan fingerprint density at radius 1 is 0.905 bits per heavy atom. The first kappa shape index (κ1) is 14.6. The highest BCUT2D eigenvalue weighted by atomic mass is 14.7. The second-order valence-corrected chi connectivity index (χ2v) is 9.93. The summed E-state index contributed by atoms with van der Waals surface area (Å²) in [6, 6.07) is 0. The average Bonchev–Trinajstić information content (AvgIpc) is 2.92. The Morgan fingerprint density at radius 2 is 1.71 bits per heavy atom. The molecule has 0 aliphatic heterocycles. The summed E-state index contributed by atoms with van der Waals surface area (Å²) in [5.74, 6) is 6.36. The Hall–Kier alpha value is 0. The molecule has 0 heterocycles. The van der Waals surface area contributed by atoms with Crippen LogP contribution in [-0.2, 0) is 0 Å². The second kappa shape index (κ2) is 4.75. The quantitative estimate of drug-likeness (QED) is 0.531. The molecule has 0 spiro atoms. The van der Waals surface area contributed by atoms with Crippen molar-refractivity contribution >= 4 is 0 Å².